The first-order valence-corrected chi connectivity index (χ1v) is 11.0. The molecule has 3 aromatic rings. The van der Waals surface area contributed by atoms with Crippen LogP contribution in [0, 0.1) is 35.5 Å². The van der Waals surface area contributed by atoms with E-state index in [-0.39, 0.29) is 12.5 Å². The number of hydrogen-bond donors (Lipinski definition) is 0. The van der Waals surface area contributed by atoms with Crippen molar-refractivity contribution >= 4 is 13.7 Å². The molecule has 164 valence electrons. The van der Waals surface area contributed by atoms with Crippen LogP contribution in [0.2, 0.25) is 0 Å². The summed E-state index contributed by atoms with van der Waals surface area (Å²) in [5.74, 6) is 0.498. The molecule has 1 aromatic heterocycles. The van der Waals surface area contributed by atoms with Crippen LogP contribution in [0.1, 0.15) is 52.5 Å². The van der Waals surface area contributed by atoms with Gasteiger partial charge in [0.2, 0.25) is 7.98 Å². The SMILES string of the molecule is BN(Cc1cnc(C)c(OCc2cccc(C#N)c2)c1C(F)C1CC1)c1ccc(C#N)cc1. The average Bonchev–Trinajstić information content (AvgIpc) is 3.69. The van der Waals surface area contributed by atoms with Gasteiger partial charge < -0.3 is 9.55 Å². The number of rotatable bonds is 8. The molecule has 1 heterocycles. The number of aryl methyl sites for hydroxylation is 1. The molecule has 1 unspecified atom stereocenters. The third-order valence-corrected chi connectivity index (χ3v) is 5.93. The van der Waals surface area contributed by atoms with E-state index < -0.39 is 6.17 Å². The molecule has 5 nitrogen and oxygen atoms in total. The summed E-state index contributed by atoms with van der Waals surface area (Å²) in [5.41, 5.74) is 4.94. The molecule has 0 bridgehead atoms. The summed E-state index contributed by atoms with van der Waals surface area (Å²) in [7, 11) is 1.93. The van der Waals surface area contributed by atoms with Crippen LogP contribution in [0.5, 0.6) is 5.75 Å². The third kappa shape index (κ3) is 5.15. The van der Waals surface area contributed by atoms with E-state index in [0.29, 0.717) is 34.7 Å². The van der Waals surface area contributed by atoms with Gasteiger partial charge in [-0.2, -0.15) is 10.5 Å². The standard InChI is InChI=1S/C26H24BFN4O/c1-17-26(33-16-20-4-2-3-19(11-20)13-30)24(25(28)21-7-8-21)22(14-31-17)15-32(27)23-9-5-18(12-29)6-10-23/h2-6,9-11,14,21,25H,7-8,15-16,27H2,1H3. The fraction of sp³-hybridized carbons (Fsp3) is 0.269. The highest BCUT2D eigenvalue weighted by Crippen LogP contribution is 2.48. The molecule has 0 aliphatic heterocycles. The summed E-state index contributed by atoms with van der Waals surface area (Å²) >= 11 is 0. The number of nitriles is 2. The predicted octanol–water partition coefficient (Wildman–Crippen LogP) is 4.69. The van der Waals surface area contributed by atoms with Crippen LogP contribution in [-0.4, -0.2) is 13.0 Å². The van der Waals surface area contributed by atoms with Crippen LogP contribution < -0.4 is 9.55 Å². The highest BCUT2D eigenvalue weighted by molar-refractivity contribution is 6.17. The smallest absolute Gasteiger partial charge is 0.217 e. The lowest BCUT2D eigenvalue weighted by Gasteiger charge is -2.25. The minimum absolute atomic E-state index is 0.00929. The van der Waals surface area contributed by atoms with Crippen molar-refractivity contribution in [2.24, 2.45) is 5.92 Å². The summed E-state index contributed by atoms with van der Waals surface area (Å²) in [6.07, 6.45) is 2.37. The van der Waals surface area contributed by atoms with E-state index >= 15 is 4.39 Å². The van der Waals surface area contributed by atoms with Crippen molar-refractivity contribution in [3.05, 3.63) is 88.2 Å². The Labute approximate surface area is 194 Å². The highest BCUT2D eigenvalue weighted by Gasteiger charge is 2.36. The molecular weight excluding hydrogens is 414 g/mol. The molecule has 4 rings (SSSR count). The fourth-order valence-electron chi connectivity index (χ4n) is 3.90. The number of ether oxygens (including phenoxy) is 1. The first kappa shape index (κ1) is 22.4. The number of hydrogen-bond acceptors (Lipinski definition) is 5. The second-order valence-electron chi connectivity index (χ2n) is 8.47. The summed E-state index contributed by atoms with van der Waals surface area (Å²) in [5, 5.41) is 18.2. The molecule has 1 saturated carbocycles. The van der Waals surface area contributed by atoms with E-state index in [9.17, 15) is 0 Å². The maximum absolute atomic E-state index is 15.6. The van der Waals surface area contributed by atoms with Gasteiger partial charge in [-0.05, 0) is 73.2 Å². The zero-order valence-electron chi connectivity index (χ0n) is 18.8. The van der Waals surface area contributed by atoms with Crippen molar-refractivity contribution in [3.8, 4) is 17.9 Å². The second kappa shape index (κ2) is 9.75. The van der Waals surface area contributed by atoms with Crippen LogP contribution in [0.25, 0.3) is 0 Å². The van der Waals surface area contributed by atoms with E-state index in [4.69, 9.17) is 15.3 Å². The van der Waals surface area contributed by atoms with Crippen LogP contribution in [0.3, 0.4) is 0 Å². The minimum atomic E-state index is -1.11. The second-order valence-corrected chi connectivity index (χ2v) is 8.47. The lowest BCUT2D eigenvalue weighted by molar-refractivity contribution is 0.262. The van der Waals surface area contributed by atoms with Gasteiger partial charge in [0.05, 0.1) is 29.0 Å². The van der Waals surface area contributed by atoms with Gasteiger partial charge in [-0.25, -0.2) is 4.39 Å². The molecule has 0 radical (unpaired) electrons. The van der Waals surface area contributed by atoms with Gasteiger partial charge in [0, 0.05) is 24.0 Å². The van der Waals surface area contributed by atoms with E-state index in [1.54, 1.807) is 30.5 Å². The van der Waals surface area contributed by atoms with E-state index in [1.807, 2.05) is 44.0 Å². The number of anilines is 1. The van der Waals surface area contributed by atoms with E-state index in [0.717, 1.165) is 29.7 Å². The Kier molecular flexibility index (Phi) is 6.61. The summed E-state index contributed by atoms with van der Waals surface area (Å²) < 4.78 is 21.8. The normalized spacial score (nSPS) is 13.6. The first-order valence-electron chi connectivity index (χ1n) is 11.0. The molecule has 0 N–H and O–H groups in total. The average molecular weight is 438 g/mol. The minimum Gasteiger partial charge on any atom is -0.487 e. The molecule has 0 saturated heterocycles. The van der Waals surface area contributed by atoms with Crippen LogP contribution in [0.4, 0.5) is 10.1 Å². The van der Waals surface area contributed by atoms with E-state index in [2.05, 4.69) is 17.1 Å². The monoisotopic (exact) mass is 438 g/mol. The molecular formula is C26H24BFN4O. The zero-order valence-corrected chi connectivity index (χ0v) is 18.8. The van der Waals surface area contributed by atoms with Gasteiger partial charge in [0.15, 0.2) is 0 Å². The van der Waals surface area contributed by atoms with E-state index in [1.165, 1.54) is 0 Å². The van der Waals surface area contributed by atoms with Gasteiger partial charge >= 0.3 is 0 Å². The molecule has 1 fully saturated rings. The molecule has 1 atom stereocenters. The van der Waals surface area contributed by atoms with Gasteiger partial charge in [0.1, 0.15) is 18.5 Å². The topological polar surface area (TPSA) is 72.9 Å². The lowest BCUT2D eigenvalue weighted by atomic mass is 9.98. The Bertz CT molecular complexity index is 1230. The molecule has 2 aromatic carbocycles. The van der Waals surface area contributed by atoms with Crippen LogP contribution in [-0.2, 0) is 13.2 Å². The molecule has 1 aliphatic carbocycles. The van der Waals surface area contributed by atoms with Crippen molar-refractivity contribution in [1.82, 2.24) is 4.98 Å². The highest BCUT2D eigenvalue weighted by atomic mass is 19.1. The van der Waals surface area contributed by atoms with Gasteiger partial charge in [-0.3, -0.25) is 4.98 Å². The Morgan fingerprint density at radius 2 is 1.88 bits per heavy atom. The Morgan fingerprint density at radius 3 is 2.55 bits per heavy atom. The first-order chi connectivity index (χ1) is 16.0. The maximum atomic E-state index is 15.6. The van der Waals surface area contributed by atoms with Crippen molar-refractivity contribution < 1.29 is 9.13 Å². The predicted molar refractivity (Wildman–Crippen MR) is 127 cm³/mol. The summed E-state index contributed by atoms with van der Waals surface area (Å²) in [4.78, 5) is 6.52. The van der Waals surface area contributed by atoms with Gasteiger partial charge in [-0.15, -0.1) is 0 Å². The quantitative estimate of drug-likeness (QED) is 0.478. The van der Waals surface area contributed by atoms with Crippen LogP contribution >= 0.6 is 0 Å². The number of nitrogens with zero attached hydrogens (tertiary/aromatic N) is 4. The number of halogens is 1. The number of aromatic nitrogens is 1. The largest absolute Gasteiger partial charge is 0.487 e. The molecule has 0 spiro atoms. The lowest BCUT2D eigenvalue weighted by Crippen LogP contribution is -2.21. The van der Waals surface area contributed by atoms with Crippen molar-refractivity contribution in [2.45, 2.75) is 39.1 Å². The Hall–Kier alpha value is -3.84. The van der Waals surface area contributed by atoms with Crippen molar-refractivity contribution in [1.29, 1.82) is 10.5 Å². The zero-order chi connectivity index (χ0) is 23.4. The molecule has 1 aliphatic rings. The summed E-state index contributed by atoms with van der Waals surface area (Å²) in [6.45, 7) is 2.53. The molecule has 7 heteroatoms. The van der Waals surface area contributed by atoms with Gasteiger partial charge in [-0.1, -0.05) is 12.1 Å². The van der Waals surface area contributed by atoms with Crippen molar-refractivity contribution in [2.75, 3.05) is 4.81 Å². The summed E-state index contributed by atoms with van der Waals surface area (Å²) in [6, 6.07) is 18.8. The fourth-order valence-corrected chi connectivity index (χ4v) is 3.90. The van der Waals surface area contributed by atoms with Crippen molar-refractivity contribution in [3.63, 3.8) is 0 Å². The van der Waals surface area contributed by atoms with Crippen LogP contribution in [0.15, 0.2) is 54.7 Å². The number of alkyl halides is 1. The Balaban J connectivity index is 1.63. The maximum Gasteiger partial charge on any atom is 0.217 e. The van der Waals surface area contributed by atoms with Gasteiger partial charge in [0.25, 0.3) is 0 Å². The molecule has 33 heavy (non-hydrogen) atoms. The number of benzene rings is 2. The third-order valence-electron chi connectivity index (χ3n) is 5.93. The number of pyridine rings is 1. The molecule has 0 amide bonds. The Morgan fingerprint density at radius 1 is 1.15 bits per heavy atom.